The van der Waals surface area contributed by atoms with E-state index >= 15 is 0 Å². The van der Waals surface area contributed by atoms with Crippen LogP contribution < -0.4 is 5.32 Å². The first-order valence-electron chi connectivity index (χ1n) is 7.81. The van der Waals surface area contributed by atoms with Gasteiger partial charge in [0.1, 0.15) is 16.9 Å². The Morgan fingerprint density at radius 2 is 2.20 bits per heavy atom. The first-order valence-corrected chi connectivity index (χ1v) is 8.79. The molecule has 0 aliphatic carbocycles. The van der Waals surface area contributed by atoms with Crippen LogP contribution in [0.5, 0.6) is 0 Å². The lowest BCUT2D eigenvalue weighted by molar-refractivity contribution is -0.118. The second-order valence-corrected chi connectivity index (χ2v) is 6.72. The third kappa shape index (κ3) is 4.01. The largest absolute Gasteiger partial charge is 0.467 e. The maximum Gasteiger partial charge on any atom is 0.230 e. The minimum atomic E-state index is -0.132. The minimum absolute atomic E-state index is 0.132. The summed E-state index contributed by atoms with van der Waals surface area (Å²) >= 11 is 1.27. The number of thioether (sulfide) groups is 1. The average Bonchev–Trinajstić information content (AvgIpc) is 3.11. The van der Waals surface area contributed by atoms with Crippen LogP contribution in [0.3, 0.4) is 0 Å². The predicted octanol–water partition coefficient (Wildman–Crippen LogP) is 3.72. The molecular formula is C19H17N3O2S. The summed E-state index contributed by atoms with van der Waals surface area (Å²) in [4.78, 5) is 16.6. The Kier molecular flexibility index (Phi) is 5.05. The molecule has 3 aromatic rings. The molecule has 5 nitrogen and oxygen atoms in total. The molecule has 6 heteroatoms. The SMILES string of the molecule is Cc1cc(C)c2nc(SCC(=O)NCc3ccco3)c(C#N)cc2c1. The molecule has 1 aromatic carbocycles. The smallest absolute Gasteiger partial charge is 0.230 e. The number of amides is 1. The van der Waals surface area contributed by atoms with Gasteiger partial charge in [-0.3, -0.25) is 4.79 Å². The highest BCUT2D eigenvalue weighted by molar-refractivity contribution is 8.00. The normalized spacial score (nSPS) is 10.6. The number of aryl methyl sites for hydroxylation is 2. The predicted molar refractivity (Wildman–Crippen MR) is 97.2 cm³/mol. The third-order valence-electron chi connectivity index (χ3n) is 3.72. The van der Waals surface area contributed by atoms with Crippen molar-refractivity contribution in [2.75, 3.05) is 5.75 Å². The van der Waals surface area contributed by atoms with Gasteiger partial charge in [0.25, 0.3) is 0 Å². The summed E-state index contributed by atoms with van der Waals surface area (Å²) in [5, 5.41) is 13.7. The van der Waals surface area contributed by atoms with Crippen molar-refractivity contribution in [3.05, 3.63) is 59.0 Å². The summed E-state index contributed by atoms with van der Waals surface area (Å²) in [6.45, 7) is 4.37. The van der Waals surface area contributed by atoms with Crippen LogP contribution in [0.4, 0.5) is 0 Å². The van der Waals surface area contributed by atoms with Gasteiger partial charge in [0.15, 0.2) is 0 Å². The van der Waals surface area contributed by atoms with Gasteiger partial charge >= 0.3 is 0 Å². The van der Waals surface area contributed by atoms with Crippen molar-refractivity contribution in [1.29, 1.82) is 5.26 Å². The Balaban J connectivity index is 1.74. The molecule has 0 radical (unpaired) electrons. The summed E-state index contributed by atoms with van der Waals surface area (Å²) in [6.07, 6.45) is 1.57. The lowest BCUT2D eigenvalue weighted by Gasteiger charge is -2.09. The summed E-state index contributed by atoms with van der Waals surface area (Å²) in [5.41, 5.74) is 3.54. The molecule has 126 valence electrons. The number of furan rings is 1. The second kappa shape index (κ2) is 7.41. The van der Waals surface area contributed by atoms with E-state index in [-0.39, 0.29) is 11.7 Å². The molecule has 2 aromatic heterocycles. The number of nitrogens with one attached hydrogen (secondary N) is 1. The van der Waals surface area contributed by atoms with E-state index in [1.54, 1.807) is 18.4 Å². The number of pyridine rings is 1. The van der Waals surface area contributed by atoms with Gasteiger partial charge in [-0.1, -0.05) is 23.4 Å². The summed E-state index contributed by atoms with van der Waals surface area (Å²) < 4.78 is 5.18. The maximum atomic E-state index is 12.0. The Morgan fingerprint density at radius 1 is 1.36 bits per heavy atom. The van der Waals surface area contributed by atoms with Crippen molar-refractivity contribution in [2.24, 2.45) is 0 Å². The van der Waals surface area contributed by atoms with Crippen LogP contribution in [0.25, 0.3) is 10.9 Å². The number of nitriles is 1. The number of fused-ring (bicyclic) bond motifs is 1. The monoisotopic (exact) mass is 351 g/mol. The quantitative estimate of drug-likeness (QED) is 0.709. The number of carbonyl (C=O) groups is 1. The van der Waals surface area contributed by atoms with E-state index in [1.165, 1.54) is 11.8 Å². The fraction of sp³-hybridized carbons (Fsp3) is 0.211. The Morgan fingerprint density at radius 3 is 2.92 bits per heavy atom. The molecule has 1 amide bonds. The summed E-state index contributed by atoms with van der Waals surface area (Å²) in [7, 11) is 0. The molecule has 0 atom stereocenters. The number of hydrogen-bond acceptors (Lipinski definition) is 5. The molecule has 0 saturated heterocycles. The number of carbonyl (C=O) groups excluding carboxylic acids is 1. The van der Waals surface area contributed by atoms with E-state index in [2.05, 4.69) is 22.4 Å². The van der Waals surface area contributed by atoms with Crippen LogP contribution in [-0.2, 0) is 11.3 Å². The molecule has 25 heavy (non-hydrogen) atoms. The Bertz CT molecular complexity index is 959. The first kappa shape index (κ1) is 17.1. The van der Waals surface area contributed by atoms with Crippen LogP contribution in [0.2, 0.25) is 0 Å². The summed E-state index contributed by atoms with van der Waals surface area (Å²) in [5.74, 6) is 0.762. The molecule has 0 aliphatic rings. The van der Waals surface area contributed by atoms with Crippen molar-refractivity contribution < 1.29 is 9.21 Å². The van der Waals surface area contributed by atoms with Crippen LogP contribution >= 0.6 is 11.8 Å². The maximum absolute atomic E-state index is 12.0. The van der Waals surface area contributed by atoms with Gasteiger partial charge in [-0.15, -0.1) is 0 Å². The van der Waals surface area contributed by atoms with Crippen LogP contribution in [0.1, 0.15) is 22.5 Å². The molecule has 0 spiro atoms. The number of rotatable bonds is 5. The van der Waals surface area contributed by atoms with E-state index in [9.17, 15) is 10.1 Å². The highest BCUT2D eigenvalue weighted by atomic mass is 32.2. The molecule has 0 bridgehead atoms. The van der Waals surface area contributed by atoms with Crippen molar-refractivity contribution in [1.82, 2.24) is 10.3 Å². The Hall–Kier alpha value is -2.78. The van der Waals surface area contributed by atoms with Crippen molar-refractivity contribution in [3.63, 3.8) is 0 Å². The zero-order chi connectivity index (χ0) is 17.8. The summed E-state index contributed by atoms with van der Waals surface area (Å²) in [6, 6.07) is 11.7. The van der Waals surface area contributed by atoms with Gasteiger partial charge < -0.3 is 9.73 Å². The number of benzene rings is 1. The highest BCUT2D eigenvalue weighted by Gasteiger charge is 2.12. The van der Waals surface area contributed by atoms with E-state index in [0.717, 1.165) is 22.0 Å². The van der Waals surface area contributed by atoms with Gasteiger partial charge in [0, 0.05) is 5.39 Å². The Labute approximate surface area is 150 Å². The zero-order valence-electron chi connectivity index (χ0n) is 14.0. The molecule has 1 N–H and O–H groups in total. The van der Waals surface area contributed by atoms with Crippen molar-refractivity contribution >= 4 is 28.6 Å². The van der Waals surface area contributed by atoms with E-state index < -0.39 is 0 Å². The lowest BCUT2D eigenvalue weighted by atomic mass is 10.1. The standard InChI is InChI=1S/C19H17N3O2S/c1-12-6-13(2)18-14(7-12)8-15(9-20)19(22-18)25-11-17(23)21-10-16-4-3-5-24-16/h3-8H,10-11H2,1-2H3,(H,21,23). The molecule has 0 saturated carbocycles. The van der Waals surface area contributed by atoms with Crippen LogP contribution in [-0.4, -0.2) is 16.6 Å². The fourth-order valence-electron chi connectivity index (χ4n) is 2.61. The number of nitrogens with zero attached hydrogens (tertiary/aromatic N) is 2. The van der Waals surface area contributed by atoms with Gasteiger partial charge in [-0.2, -0.15) is 5.26 Å². The molecular weight excluding hydrogens is 334 g/mol. The average molecular weight is 351 g/mol. The van der Waals surface area contributed by atoms with Crippen LogP contribution in [0, 0.1) is 25.2 Å². The fourth-order valence-corrected chi connectivity index (χ4v) is 3.39. The van der Waals surface area contributed by atoms with Crippen molar-refractivity contribution in [2.45, 2.75) is 25.4 Å². The van der Waals surface area contributed by atoms with E-state index in [1.807, 2.05) is 26.0 Å². The molecule has 0 fully saturated rings. The van der Waals surface area contributed by atoms with Crippen molar-refractivity contribution in [3.8, 4) is 6.07 Å². The lowest BCUT2D eigenvalue weighted by Crippen LogP contribution is -2.24. The van der Waals surface area contributed by atoms with Gasteiger partial charge in [-0.25, -0.2) is 4.98 Å². The number of hydrogen-bond donors (Lipinski definition) is 1. The molecule has 2 heterocycles. The van der Waals surface area contributed by atoms with Gasteiger partial charge in [0.2, 0.25) is 5.91 Å². The number of aromatic nitrogens is 1. The van der Waals surface area contributed by atoms with Gasteiger partial charge in [-0.05, 0) is 43.7 Å². The van der Waals surface area contributed by atoms with Crippen LogP contribution in [0.15, 0.2) is 46.0 Å². The van der Waals surface area contributed by atoms with E-state index in [4.69, 9.17) is 4.42 Å². The molecule has 0 unspecified atom stereocenters. The van der Waals surface area contributed by atoms with Gasteiger partial charge in [0.05, 0.1) is 29.6 Å². The third-order valence-corrected chi connectivity index (χ3v) is 4.71. The minimum Gasteiger partial charge on any atom is -0.467 e. The zero-order valence-corrected chi connectivity index (χ0v) is 14.8. The molecule has 0 aliphatic heterocycles. The second-order valence-electron chi connectivity index (χ2n) is 5.75. The topological polar surface area (TPSA) is 78.9 Å². The first-order chi connectivity index (χ1) is 12.1. The highest BCUT2D eigenvalue weighted by Crippen LogP contribution is 2.27. The molecule has 3 rings (SSSR count). The van der Waals surface area contributed by atoms with E-state index in [0.29, 0.717) is 22.9 Å².